The van der Waals surface area contributed by atoms with Crippen molar-refractivity contribution in [3.63, 3.8) is 0 Å². The molecule has 2 heterocycles. The summed E-state index contributed by atoms with van der Waals surface area (Å²) in [4.78, 5) is 29.7. The third kappa shape index (κ3) is 2.90. The van der Waals surface area contributed by atoms with Gasteiger partial charge in [0.1, 0.15) is 0 Å². The molecular weight excluding hydrogens is 346 g/mol. The number of hydrogen-bond acceptors (Lipinski definition) is 4. The van der Waals surface area contributed by atoms with Crippen LogP contribution in [0.25, 0.3) is 10.8 Å². The highest BCUT2D eigenvalue weighted by Gasteiger charge is 2.28. The number of thioether (sulfide) groups is 1. The van der Waals surface area contributed by atoms with Gasteiger partial charge in [0.2, 0.25) is 5.91 Å². The van der Waals surface area contributed by atoms with Gasteiger partial charge < -0.3 is 5.32 Å². The smallest absolute Gasteiger partial charge is 0.257 e. The normalized spacial score (nSPS) is 15.8. The van der Waals surface area contributed by atoms with Crippen LogP contribution < -0.4 is 10.9 Å². The summed E-state index contributed by atoms with van der Waals surface area (Å²) in [7, 11) is 0. The summed E-state index contributed by atoms with van der Waals surface area (Å²) in [5.41, 5.74) is 2.16. The first-order chi connectivity index (χ1) is 12.5. The minimum atomic E-state index is -0.163. The predicted molar refractivity (Wildman–Crippen MR) is 105 cm³/mol. The lowest BCUT2D eigenvalue weighted by atomic mass is 10.1. The Morgan fingerprint density at radius 2 is 2.00 bits per heavy atom. The highest BCUT2D eigenvalue weighted by molar-refractivity contribution is 7.99. The van der Waals surface area contributed by atoms with Crippen molar-refractivity contribution in [3.8, 4) is 0 Å². The first-order valence-electron chi connectivity index (χ1n) is 8.55. The number of amides is 1. The molecule has 3 aromatic rings. The van der Waals surface area contributed by atoms with Gasteiger partial charge >= 0.3 is 0 Å². The molecule has 1 amide bonds. The standard InChI is InChI=1S/C20H19N3O2S/c1-12-13(2)21-20-23(19(12)25)15(11-26-20)10-18(24)22-17-9-5-7-14-6-3-4-8-16(14)17/h3-9,15H,10-11H2,1-2H3,(H,22,24). The van der Waals surface area contributed by atoms with Crippen LogP contribution in [-0.4, -0.2) is 21.2 Å². The van der Waals surface area contributed by atoms with E-state index in [1.165, 1.54) is 11.8 Å². The highest BCUT2D eigenvalue weighted by atomic mass is 32.2. The zero-order valence-corrected chi connectivity index (χ0v) is 15.5. The lowest BCUT2D eigenvalue weighted by Gasteiger charge is -2.15. The van der Waals surface area contributed by atoms with E-state index in [1.54, 1.807) is 11.5 Å². The number of rotatable bonds is 3. The molecule has 132 valence electrons. The van der Waals surface area contributed by atoms with E-state index in [1.807, 2.05) is 49.4 Å². The Hall–Kier alpha value is -2.60. The van der Waals surface area contributed by atoms with Crippen LogP contribution >= 0.6 is 11.8 Å². The van der Waals surface area contributed by atoms with Crippen LogP contribution in [0, 0.1) is 13.8 Å². The van der Waals surface area contributed by atoms with E-state index >= 15 is 0 Å². The van der Waals surface area contributed by atoms with Crippen molar-refractivity contribution in [2.75, 3.05) is 11.1 Å². The second kappa shape index (κ2) is 6.61. The number of aromatic nitrogens is 2. The lowest BCUT2D eigenvalue weighted by molar-refractivity contribution is -0.116. The zero-order chi connectivity index (χ0) is 18.3. The number of nitrogens with zero attached hydrogens (tertiary/aromatic N) is 2. The second-order valence-electron chi connectivity index (χ2n) is 6.52. The van der Waals surface area contributed by atoms with Gasteiger partial charge in [-0.1, -0.05) is 48.2 Å². The largest absolute Gasteiger partial charge is 0.325 e. The van der Waals surface area contributed by atoms with E-state index in [9.17, 15) is 9.59 Å². The van der Waals surface area contributed by atoms with Gasteiger partial charge in [-0.15, -0.1) is 0 Å². The molecule has 4 rings (SSSR count). The molecule has 0 saturated heterocycles. The Labute approximate surface area is 155 Å². The minimum Gasteiger partial charge on any atom is -0.325 e. The Morgan fingerprint density at radius 1 is 1.23 bits per heavy atom. The Kier molecular flexibility index (Phi) is 4.28. The van der Waals surface area contributed by atoms with Crippen LogP contribution in [0.4, 0.5) is 5.69 Å². The van der Waals surface area contributed by atoms with E-state index in [0.29, 0.717) is 16.5 Å². The van der Waals surface area contributed by atoms with Crippen molar-refractivity contribution in [2.24, 2.45) is 0 Å². The quantitative estimate of drug-likeness (QED) is 0.719. The summed E-state index contributed by atoms with van der Waals surface area (Å²) in [5.74, 6) is 0.596. The van der Waals surface area contributed by atoms with Gasteiger partial charge in [-0.3, -0.25) is 14.2 Å². The summed E-state index contributed by atoms with van der Waals surface area (Å²) in [6, 6.07) is 13.6. The molecular formula is C20H19N3O2S. The highest BCUT2D eigenvalue weighted by Crippen LogP contribution is 2.33. The average Bonchev–Trinajstić information content (AvgIpc) is 3.02. The molecule has 0 spiro atoms. The molecule has 1 atom stereocenters. The van der Waals surface area contributed by atoms with Crippen molar-refractivity contribution in [1.82, 2.24) is 9.55 Å². The molecule has 26 heavy (non-hydrogen) atoms. The van der Waals surface area contributed by atoms with E-state index in [2.05, 4.69) is 10.3 Å². The van der Waals surface area contributed by atoms with Crippen LogP contribution in [0.5, 0.6) is 0 Å². The first-order valence-corrected chi connectivity index (χ1v) is 9.53. The summed E-state index contributed by atoms with van der Waals surface area (Å²) in [6.07, 6.45) is 0.257. The molecule has 0 radical (unpaired) electrons. The maximum absolute atomic E-state index is 12.6. The molecule has 0 aliphatic carbocycles. The van der Waals surface area contributed by atoms with Crippen LogP contribution in [0.15, 0.2) is 52.4 Å². The molecule has 1 unspecified atom stereocenters. The van der Waals surface area contributed by atoms with Gasteiger partial charge in [0.25, 0.3) is 5.56 Å². The molecule has 5 nitrogen and oxygen atoms in total. The number of anilines is 1. The summed E-state index contributed by atoms with van der Waals surface area (Å²) in [6.45, 7) is 3.63. The summed E-state index contributed by atoms with van der Waals surface area (Å²) >= 11 is 1.54. The summed E-state index contributed by atoms with van der Waals surface area (Å²) in [5, 5.41) is 5.80. The maximum atomic E-state index is 12.6. The fraction of sp³-hybridized carbons (Fsp3) is 0.250. The lowest BCUT2D eigenvalue weighted by Crippen LogP contribution is -2.29. The van der Waals surface area contributed by atoms with Gasteiger partial charge in [0.05, 0.1) is 6.04 Å². The Bertz CT molecular complexity index is 1070. The van der Waals surface area contributed by atoms with E-state index in [0.717, 1.165) is 22.2 Å². The molecule has 0 saturated carbocycles. The second-order valence-corrected chi connectivity index (χ2v) is 7.51. The monoisotopic (exact) mass is 365 g/mol. The molecule has 1 aliphatic heterocycles. The van der Waals surface area contributed by atoms with E-state index in [4.69, 9.17) is 0 Å². The van der Waals surface area contributed by atoms with Gasteiger partial charge in [0, 0.05) is 34.5 Å². The maximum Gasteiger partial charge on any atom is 0.257 e. The number of fused-ring (bicyclic) bond motifs is 2. The predicted octanol–water partition coefficient (Wildman–Crippen LogP) is 3.69. The van der Waals surface area contributed by atoms with Crippen LogP contribution in [-0.2, 0) is 4.79 Å². The fourth-order valence-electron chi connectivity index (χ4n) is 3.27. The van der Waals surface area contributed by atoms with Crippen molar-refractivity contribution in [3.05, 3.63) is 64.1 Å². The number of carbonyl (C=O) groups is 1. The van der Waals surface area contributed by atoms with E-state index in [-0.39, 0.29) is 23.9 Å². The van der Waals surface area contributed by atoms with Crippen molar-refractivity contribution >= 4 is 34.1 Å². The number of carbonyl (C=O) groups excluding carboxylic acids is 1. The molecule has 2 aromatic carbocycles. The van der Waals surface area contributed by atoms with Gasteiger partial charge in [0.15, 0.2) is 5.16 Å². The fourth-order valence-corrected chi connectivity index (χ4v) is 4.45. The number of aryl methyl sites for hydroxylation is 1. The first kappa shape index (κ1) is 16.8. The van der Waals surface area contributed by atoms with Crippen LogP contribution in [0.2, 0.25) is 0 Å². The Balaban J connectivity index is 1.58. The van der Waals surface area contributed by atoms with Crippen molar-refractivity contribution in [2.45, 2.75) is 31.5 Å². The Morgan fingerprint density at radius 3 is 2.85 bits per heavy atom. The third-order valence-electron chi connectivity index (χ3n) is 4.81. The average molecular weight is 365 g/mol. The summed E-state index contributed by atoms with van der Waals surface area (Å²) < 4.78 is 1.68. The van der Waals surface area contributed by atoms with Gasteiger partial charge in [-0.25, -0.2) is 4.98 Å². The van der Waals surface area contributed by atoms with E-state index < -0.39 is 0 Å². The molecule has 0 fully saturated rings. The van der Waals surface area contributed by atoms with Crippen molar-refractivity contribution in [1.29, 1.82) is 0 Å². The third-order valence-corrected chi connectivity index (χ3v) is 5.90. The number of benzene rings is 2. The zero-order valence-electron chi connectivity index (χ0n) is 14.7. The van der Waals surface area contributed by atoms with Crippen LogP contribution in [0.3, 0.4) is 0 Å². The molecule has 1 aromatic heterocycles. The SMILES string of the molecule is Cc1nc2n(c(=O)c1C)C(CC(=O)Nc1cccc3ccccc13)CS2. The van der Waals surface area contributed by atoms with Gasteiger partial charge in [-0.05, 0) is 25.3 Å². The van der Waals surface area contributed by atoms with Gasteiger partial charge in [-0.2, -0.15) is 0 Å². The minimum absolute atomic E-state index is 0.0412. The topological polar surface area (TPSA) is 64.0 Å². The number of hydrogen-bond donors (Lipinski definition) is 1. The molecule has 1 N–H and O–H groups in total. The number of nitrogens with one attached hydrogen (secondary N) is 1. The molecule has 0 bridgehead atoms. The molecule has 1 aliphatic rings. The molecule has 6 heteroatoms. The van der Waals surface area contributed by atoms with Crippen LogP contribution in [0.1, 0.15) is 23.7 Å². The van der Waals surface area contributed by atoms with Crippen molar-refractivity contribution < 1.29 is 4.79 Å².